The average Bonchev–Trinajstić information content (AvgIpc) is 2.65. The van der Waals surface area contributed by atoms with Gasteiger partial charge in [0.25, 0.3) is 10.0 Å². The summed E-state index contributed by atoms with van der Waals surface area (Å²) in [5.74, 6) is -8.10. The molecule has 2 rings (SSSR count). The van der Waals surface area contributed by atoms with Crippen LogP contribution in [0.5, 0.6) is 0 Å². The van der Waals surface area contributed by atoms with Crippen LogP contribution in [0.1, 0.15) is 32.1 Å². The highest BCUT2D eigenvalue weighted by atomic mass is 32.3. The van der Waals surface area contributed by atoms with Crippen LogP contribution in [-0.2, 0) is 30.1 Å². The zero-order chi connectivity index (χ0) is 25.9. The summed E-state index contributed by atoms with van der Waals surface area (Å²) in [7, 11) is -22.0. The molecular weight excluding hydrogens is 547 g/mol. The molecule has 2 unspecified atom stereocenters. The molecule has 20 heteroatoms. The van der Waals surface area contributed by atoms with Crippen LogP contribution in [0.2, 0.25) is 0 Å². The molecule has 1 aliphatic carbocycles. The van der Waals surface area contributed by atoms with Gasteiger partial charge < -0.3 is 4.13 Å². The Morgan fingerprint density at radius 1 is 0.667 bits per heavy atom. The van der Waals surface area contributed by atoms with E-state index in [1.807, 2.05) is 0 Å². The minimum Gasteiger partial charge on any atom is -0.423 e. The van der Waals surface area contributed by atoms with Gasteiger partial charge in [-0.05, 0) is 24.7 Å². The van der Waals surface area contributed by atoms with Crippen molar-refractivity contribution in [3.63, 3.8) is 0 Å². The van der Waals surface area contributed by atoms with E-state index in [4.69, 9.17) is 0 Å². The topological polar surface area (TPSA) is 120 Å². The lowest BCUT2D eigenvalue weighted by Gasteiger charge is -2.43. The molecule has 1 heterocycles. The van der Waals surface area contributed by atoms with Crippen LogP contribution in [0.15, 0.2) is 0 Å². The molecule has 1 aliphatic heterocycles. The maximum absolute atomic E-state index is 14.3. The van der Waals surface area contributed by atoms with E-state index in [1.165, 1.54) is 0 Å². The zero-order valence-electron chi connectivity index (χ0n) is 16.1. The second-order valence-electron chi connectivity index (χ2n) is 7.53. The fraction of sp³-hybridized carbons (Fsp3) is 1.00. The molecule has 8 nitrogen and oxygen atoms in total. The fourth-order valence-corrected chi connectivity index (χ4v) is 7.43. The normalized spacial score (nSPS) is 25.0. The molecule has 196 valence electrons. The van der Waals surface area contributed by atoms with E-state index in [1.54, 1.807) is 0 Å². The van der Waals surface area contributed by atoms with Crippen molar-refractivity contribution < 1.29 is 64.8 Å². The monoisotopic (exact) mass is 563 g/mol. The quantitative estimate of drug-likeness (QED) is 0.439. The third-order valence-corrected chi connectivity index (χ3v) is 10.4. The summed E-state index contributed by atoms with van der Waals surface area (Å²) >= 11 is 0. The number of alkyl halides is 9. The first kappa shape index (κ1) is 28.4. The number of hydrogen-bond acceptors (Lipinski definition) is 6. The van der Waals surface area contributed by atoms with Gasteiger partial charge in [0.15, 0.2) is 20.0 Å². The number of fused-ring (bicyclic) bond motifs is 1. The molecule has 0 aromatic carbocycles. The van der Waals surface area contributed by atoms with Gasteiger partial charge in [0, 0.05) is 13.1 Å². The molecule has 1 saturated heterocycles. The van der Waals surface area contributed by atoms with Gasteiger partial charge in [-0.1, -0.05) is 19.3 Å². The van der Waals surface area contributed by atoms with E-state index in [-0.39, 0.29) is 16.6 Å². The lowest BCUT2D eigenvalue weighted by Crippen LogP contribution is -2.64. The smallest absolute Gasteiger partial charge is 0.423 e. The highest BCUT2D eigenvalue weighted by molar-refractivity contribution is 8.13. The summed E-state index contributed by atoms with van der Waals surface area (Å²) in [5, 5.41) is -14.2. The standard InChI is InChI=1S/C13H16F9N2O6S3/c14-10(15,11(16,17)31(25,26)23-32(27,28)13(20,21)22)12(18,19)33(29,30)24-6-5-8-3-1-2-4-9(8)7-24/h8-9H,1-7H2/q-1. The molecule has 2 atom stereocenters. The van der Waals surface area contributed by atoms with Crippen LogP contribution in [0, 0.1) is 11.8 Å². The molecule has 0 aromatic rings. The number of piperidine rings is 1. The van der Waals surface area contributed by atoms with E-state index in [0.29, 0.717) is 23.4 Å². The third kappa shape index (κ3) is 4.56. The molecule has 0 radical (unpaired) electrons. The number of sulfonamides is 3. The molecular formula is C13H16F9N2O6S3-. The van der Waals surface area contributed by atoms with Gasteiger partial charge in [-0.15, -0.1) is 0 Å². The summed E-state index contributed by atoms with van der Waals surface area (Å²) in [6.45, 7) is -1.52. The first-order chi connectivity index (χ1) is 14.5. The highest BCUT2D eigenvalue weighted by Gasteiger charge is 2.81. The lowest BCUT2D eigenvalue weighted by atomic mass is 9.76. The molecule has 33 heavy (non-hydrogen) atoms. The largest absolute Gasteiger partial charge is 0.480 e. The van der Waals surface area contributed by atoms with Crippen molar-refractivity contribution >= 4 is 30.1 Å². The van der Waals surface area contributed by atoms with Gasteiger partial charge >= 0.3 is 21.9 Å². The SMILES string of the molecule is O=S(=O)([N-]S(=O)(=O)C(F)(F)C(F)(F)C(F)(F)S(=O)(=O)N1CCC2CCCCC2C1)C(F)(F)F. The molecule has 0 bridgehead atoms. The Morgan fingerprint density at radius 3 is 1.64 bits per heavy atom. The van der Waals surface area contributed by atoms with Gasteiger partial charge in [0.05, 0.1) is 0 Å². The first-order valence-corrected chi connectivity index (χ1v) is 13.3. The van der Waals surface area contributed by atoms with Crippen molar-refractivity contribution in [2.75, 3.05) is 13.1 Å². The van der Waals surface area contributed by atoms with E-state index >= 15 is 0 Å². The van der Waals surface area contributed by atoms with E-state index in [2.05, 4.69) is 0 Å². The number of rotatable bonds is 7. The van der Waals surface area contributed by atoms with Crippen LogP contribution in [0.3, 0.4) is 0 Å². The Morgan fingerprint density at radius 2 is 1.15 bits per heavy atom. The lowest BCUT2D eigenvalue weighted by molar-refractivity contribution is -0.244. The molecule has 2 fully saturated rings. The van der Waals surface area contributed by atoms with Crippen LogP contribution in [0.25, 0.3) is 4.13 Å². The highest BCUT2D eigenvalue weighted by Crippen LogP contribution is 2.54. The van der Waals surface area contributed by atoms with Crippen LogP contribution in [-0.4, -0.2) is 64.6 Å². The summed E-state index contributed by atoms with van der Waals surface area (Å²) < 4.78 is 190. The predicted octanol–water partition coefficient (Wildman–Crippen LogP) is 3.20. The molecule has 1 saturated carbocycles. The summed E-state index contributed by atoms with van der Waals surface area (Å²) in [4.78, 5) is 0. The Kier molecular flexibility index (Phi) is 7.20. The van der Waals surface area contributed by atoms with Crippen LogP contribution in [0.4, 0.5) is 39.5 Å². The van der Waals surface area contributed by atoms with Crippen LogP contribution >= 0.6 is 0 Å². The predicted molar refractivity (Wildman–Crippen MR) is 92.7 cm³/mol. The van der Waals surface area contributed by atoms with Crippen molar-refractivity contribution in [2.45, 2.75) is 54.0 Å². The fourth-order valence-electron chi connectivity index (χ4n) is 3.66. The summed E-state index contributed by atoms with van der Waals surface area (Å²) in [6.07, 6.45) is 2.16. The molecule has 0 amide bonds. The van der Waals surface area contributed by atoms with Crippen molar-refractivity contribution in [3.8, 4) is 0 Å². The van der Waals surface area contributed by atoms with Gasteiger partial charge in [0.2, 0.25) is 0 Å². The maximum Gasteiger partial charge on any atom is 0.480 e. The first-order valence-electron chi connectivity index (χ1n) is 8.96. The maximum atomic E-state index is 14.3. The van der Waals surface area contributed by atoms with Gasteiger partial charge in [-0.2, -0.15) is 43.8 Å². The second kappa shape index (κ2) is 8.37. The summed E-state index contributed by atoms with van der Waals surface area (Å²) in [5.41, 5.74) is -6.66. The second-order valence-corrected chi connectivity index (χ2v) is 13.0. The summed E-state index contributed by atoms with van der Waals surface area (Å²) in [6, 6.07) is 0. The van der Waals surface area contributed by atoms with E-state index in [0.717, 1.165) is 6.42 Å². The van der Waals surface area contributed by atoms with Gasteiger partial charge in [-0.25, -0.2) is 25.3 Å². The third-order valence-electron chi connectivity index (χ3n) is 5.46. The van der Waals surface area contributed by atoms with E-state index in [9.17, 15) is 64.8 Å². The van der Waals surface area contributed by atoms with Gasteiger partial charge in [0.1, 0.15) is 0 Å². The van der Waals surface area contributed by atoms with Crippen molar-refractivity contribution in [3.05, 3.63) is 4.13 Å². The van der Waals surface area contributed by atoms with Crippen molar-refractivity contribution in [1.82, 2.24) is 4.31 Å². The minimum atomic E-state index is -7.88. The zero-order valence-corrected chi connectivity index (χ0v) is 18.5. The van der Waals surface area contributed by atoms with Crippen molar-refractivity contribution in [1.29, 1.82) is 0 Å². The number of hydrogen-bond donors (Lipinski definition) is 0. The molecule has 0 aromatic heterocycles. The average molecular weight is 563 g/mol. The Hall–Kier alpha value is -0.860. The van der Waals surface area contributed by atoms with E-state index < -0.39 is 71.0 Å². The van der Waals surface area contributed by atoms with Crippen molar-refractivity contribution in [2.24, 2.45) is 11.8 Å². The molecule has 2 aliphatic rings. The Balaban J connectivity index is 2.43. The van der Waals surface area contributed by atoms with Crippen LogP contribution < -0.4 is 0 Å². The Labute approximate surface area is 182 Å². The minimum absolute atomic E-state index is 0.0700. The molecule has 0 N–H and O–H groups in total. The number of halogens is 9. The Bertz CT molecular complexity index is 1070. The molecule has 0 spiro atoms. The number of nitrogens with zero attached hydrogens (tertiary/aromatic N) is 2. The van der Waals surface area contributed by atoms with Gasteiger partial charge in [-0.3, -0.25) is 0 Å².